The summed E-state index contributed by atoms with van der Waals surface area (Å²) in [4.78, 5) is 4.36. The molecule has 4 rings (SSSR count). The Labute approximate surface area is 187 Å². The molecule has 2 aromatic rings. The van der Waals surface area contributed by atoms with E-state index in [2.05, 4.69) is 88.1 Å². The van der Waals surface area contributed by atoms with E-state index in [1.165, 1.54) is 39.0 Å². The maximum absolute atomic E-state index is 2.33. The SMILES string of the molecule is CPC1=C(c2ccccc2)S/C(=C2/SC(c3ccccc3)=C(C(C)(C)C)S2)S1. The third-order valence-electron chi connectivity index (χ3n) is 4.34. The first-order valence-corrected chi connectivity index (χ1v) is 14.0. The number of thioether (sulfide) groups is 4. The number of allylic oxidation sites excluding steroid dienone is 1. The molecule has 0 radical (unpaired) electrons. The monoisotopic (exact) mass is 458 g/mol. The summed E-state index contributed by atoms with van der Waals surface area (Å²) in [5.74, 6) is 0. The van der Waals surface area contributed by atoms with Crippen molar-refractivity contribution < 1.29 is 0 Å². The Bertz CT molecular complexity index is 967. The lowest BCUT2D eigenvalue weighted by Gasteiger charge is -2.21. The maximum atomic E-state index is 2.33. The number of rotatable bonds is 3. The highest BCUT2D eigenvalue weighted by molar-refractivity contribution is 8.38. The average molecular weight is 459 g/mol. The summed E-state index contributed by atoms with van der Waals surface area (Å²) < 4.78 is 4.41. The van der Waals surface area contributed by atoms with Gasteiger partial charge in [-0.3, -0.25) is 0 Å². The Morgan fingerprint density at radius 2 is 1.14 bits per heavy atom. The van der Waals surface area contributed by atoms with E-state index in [4.69, 9.17) is 0 Å². The van der Waals surface area contributed by atoms with Gasteiger partial charge in [0, 0.05) is 19.4 Å². The molecule has 0 aromatic heterocycles. The molecule has 1 unspecified atom stereocenters. The topological polar surface area (TPSA) is 0 Å². The van der Waals surface area contributed by atoms with Crippen molar-refractivity contribution in [2.24, 2.45) is 5.41 Å². The number of hydrogen-bond acceptors (Lipinski definition) is 4. The molecule has 0 bridgehead atoms. The molecule has 2 heterocycles. The Hall–Kier alpha value is -0.510. The minimum Gasteiger partial charge on any atom is -0.0849 e. The maximum Gasteiger partial charge on any atom is 0.0707 e. The van der Waals surface area contributed by atoms with Crippen molar-refractivity contribution in [2.45, 2.75) is 20.8 Å². The van der Waals surface area contributed by atoms with Crippen LogP contribution >= 0.6 is 55.6 Å². The van der Waals surface area contributed by atoms with Crippen molar-refractivity contribution in [1.29, 1.82) is 0 Å². The van der Waals surface area contributed by atoms with Gasteiger partial charge >= 0.3 is 0 Å². The quantitative estimate of drug-likeness (QED) is 0.420. The standard InChI is InChI=1S/C23H23PS4/c1-23(2,3)19-17(15-11-7-5-8-12-15)25-21(27-19)22-26-18(20(24-4)28-22)16-13-9-6-10-14-16/h5-14,24H,1-4H3/b22-21+. The molecule has 5 heteroatoms. The van der Waals surface area contributed by atoms with Gasteiger partial charge in [0.2, 0.25) is 0 Å². The van der Waals surface area contributed by atoms with Gasteiger partial charge < -0.3 is 0 Å². The van der Waals surface area contributed by atoms with Gasteiger partial charge in [0.25, 0.3) is 0 Å². The first kappa shape index (κ1) is 20.8. The van der Waals surface area contributed by atoms with Crippen molar-refractivity contribution in [3.8, 4) is 0 Å². The van der Waals surface area contributed by atoms with E-state index < -0.39 is 0 Å². The lowest BCUT2D eigenvalue weighted by molar-refractivity contribution is 0.536. The molecule has 2 aliphatic rings. The van der Waals surface area contributed by atoms with Gasteiger partial charge in [0.05, 0.1) is 8.47 Å². The fraction of sp³-hybridized carbons (Fsp3) is 0.217. The third-order valence-corrected chi connectivity index (χ3v) is 12.2. The molecular weight excluding hydrogens is 435 g/mol. The molecule has 0 N–H and O–H groups in total. The van der Waals surface area contributed by atoms with Crippen LogP contribution in [-0.4, -0.2) is 6.66 Å². The molecule has 0 spiro atoms. The van der Waals surface area contributed by atoms with Crippen LogP contribution in [0.2, 0.25) is 0 Å². The van der Waals surface area contributed by atoms with E-state index in [0.29, 0.717) is 0 Å². The van der Waals surface area contributed by atoms with Gasteiger partial charge in [0.1, 0.15) is 0 Å². The molecule has 0 amide bonds. The van der Waals surface area contributed by atoms with E-state index in [0.717, 1.165) is 8.58 Å². The summed E-state index contributed by atoms with van der Waals surface area (Å²) in [6.45, 7) is 9.28. The summed E-state index contributed by atoms with van der Waals surface area (Å²) >= 11 is 7.90. The van der Waals surface area contributed by atoms with Crippen LogP contribution < -0.4 is 0 Å². The van der Waals surface area contributed by atoms with Crippen LogP contribution in [-0.2, 0) is 0 Å². The van der Waals surface area contributed by atoms with E-state index in [1.54, 1.807) is 0 Å². The molecule has 1 atom stereocenters. The minimum atomic E-state index is 0.143. The van der Waals surface area contributed by atoms with Gasteiger partial charge in [-0.25, -0.2) is 0 Å². The summed E-state index contributed by atoms with van der Waals surface area (Å²) in [6.07, 6.45) is 0. The first-order valence-electron chi connectivity index (χ1n) is 9.20. The van der Waals surface area contributed by atoms with Crippen molar-refractivity contribution in [1.82, 2.24) is 0 Å². The zero-order valence-corrected chi connectivity index (χ0v) is 20.7. The van der Waals surface area contributed by atoms with Crippen LogP contribution in [0, 0.1) is 5.41 Å². The molecule has 2 aromatic carbocycles. The first-order chi connectivity index (χ1) is 13.5. The molecule has 0 saturated heterocycles. The van der Waals surface area contributed by atoms with Gasteiger partial charge in [-0.1, -0.05) is 137 Å². The predicted octanol–water partition coefficient (Wildman–Crippen LogP) is 9.12. The number of benzene rings is 2. The molecule has 2 aliphatic heterocycles. The molecule has 144 valence electrons. The van der Waals surface area contributed by atoms with Crippen LogP contribution in [0.3, 0.4) is 0 Å². The van der Waals surface area contributed by atoms with E-state index in [9.17, 15) is 0 Å². The molecule has 0 saturated carbocycles. The van der Waals surface area contributed by atoms with Crippen molar-refractivity contribution >= 4 is 65.4 Å². The second-order valence-electron chi connectivity index (χ2n) is 7.53. The van der Waals surface area contributed by atoms with Crippen LogP contribution in [0.4, 0.5) is 0 Å². The van der Waals surface area contributed by atoms with Gasteiger partial charge in [-0.05, 0) is 23.2 Å². The molecule has 0 aliphatic carbocycles. The fourth-order valence-corrected chi connectivity index (χ4v) is 10.4. The van der Waals surface area contributed by atoms with Gasteiger partial charge in [-0.2, -0.15) is 0 Å². The van der Waals surface area contributed by atoms with Crippen LogP contribution in [0.5, 0.6) is 0 Å². The van der Waals surface area contributed by atoms with E-state index in [1.807, 2.05) is 47.0 Å². The predicted molar refractivity (Wildman–Crippen MR) is 138 cm³/mol. The van der Waals surface area contributed by atoms with Crippen LogP contribution in [0.15, 0.2) is 78.7 Å². The fourth-order valence-electron chi connectivity index (χ4n) is 2.98. The summed E-state index contributed by atoms with van der Waals surface area (Å²) in [5, 5.41) is 0. The minimum absolute atomic E-state index is 0.143. The van der Waals surface area contributed by atoms with Crippen molar-refractivity contribution in [3.05, 3.63) is 89.8 Å². The molecule has 28 heavy (non-hydrogen) atoms. The van der Waals surface area contributed by atoms with Gasteiger partial charge in [0.15, 0.2) is 0 Å². The van der Waals surface area contributed by atoms with Crippen molar-refractivity contribution in [3.63, 3.8) is 0 Å². The smallest absolute Gasteiger partial charge is 0.0707 e. The summed E-state index contributed by atoms with van der Waals surface area (Å²) in [7, 11) is 0.824. The van der Waals surface area contributed by atoms with Crippen LogP contribution in [0.1, 0.15) is 31.9 Å². The highest BCUT2D eigenvalue weighted by Crippen LogP contribution is 2.67. The lowest BCUT2D eigenvalue weighted by Crippen LogP contribution is -2.06. The Kier molecular flexibility index (Phi) is 6.44. The zero-order chi connectivity index (χ0) is 19.7. The second-order valence-corrected chi connectivity index (χ2v) is 13.5. The largest absolute Gasteiger partial charge is 0.0849 e. The van der Waals surface area contributed by atoms with Gasteiger partial charge in [-0.15, -0.1) is 0 Å². The Morgan fingerprint density at radius 3 is 1.68 bits per heavy atom. The molecular formula is C23H23PS4. The van der Waals surface area contributed by atoms with Crippen molar-refractivity contribution in [2.75, 3.05) is 6.66 Å². The Balaban J connectivity index is 1.68. The zero-order valence-electron chi connectivity index (χ0n) is 16.4. The van der Waals surface area contributed by atoms with E-state index >= 15 is 0 Å². The number of hydrogen-bond donors (Lipinski definition) is 0. The normalized spacial score (nSPS) is 20.9. The second kappa shape index (κ2) is 8.70. The lowest BCUT2D eigenvalue weighted by atomic mass is 9.94. The molecule has 0 fully saturated rings. The van der Waals surface area contributed by atoms with Crippen LogP contribution in [0.25, 0.3) is 9.81 Å². The summed E-state index contributed by atoms with van der Waals surface area (Å²) in [6, 6.07) is 21.7. The third kappa shape index (κ3) is 4.32. The Morgan fingerprint density at radius 1 is 0.643 bits per heavy atom. The van der Waals surface area contributed by atoms with E-state index in [-0.39, 0.29) is 5.41 Å². The highest BCUT2D eigenvalue weighted by Gasteiger charge is 2.34. The highest BCUT2D eigenvalue weighted by atomic mass is 32.2. The average Bonchev–Trinajstić information content (AvgIpc) is 3.34. The summed E-state index contributed by atoms with van der Waals surface area (Å²) in [5.41, 5.74) is 2.83. The molecule has 0 nitrogen and oxygen atoms in total.